The number of hydrogen-bond donors (Lipinski definition) is 6. The number of nitrogens with zero attached hydrogens (tertiary/aromatic N) is 8. The zero-order valence-corrected chi connectivity index (χ0v) is 35.1. The molecule has 332 valence electrons. The van der Waals surface area contributed by atoms with E-state index in [1.807, 2.05) is 0 Å². The molecule has 0 spiro atoms. The van der Waals surface area contributed by atoms with Crippen LogP contribution in [0.2, 0.25) is 0 Å². The number of anilines is 3. The number of methoxy groups -OCH3 is 2. The van der Waals surface area contributed by atoms with E-state index in [0.717, 1.165) is 24.3 Å². The van der Waals surface area contributed by atoms with Crippen molar-refractivity contribution < 1.29 is 75.6 Å². The first-order valence-electron chi connectivity index (χ1n) is 16.8. The molecule has 0 amide bonds. The maximum absolute atomic E-state index is 14.5. The second kappa shape index (κ2) is 19.3. The Morgan fingerprint density at radius 2 is 1.44 bits per heavy atom. The van der Waals surface area contributed by atoms with Gasteiger partial charge in [-0.3, -0.25) is 17.8 Å². The van der Waals surface area contributed by atoms with E-state index < -0.39 is 93.7 Å². The third kappa shape index (κ3) is 12.3. The summed E-state index contributed by atoms with van der Waals surface area (Å²) in [6, 6.07) is 10.1. The molecule has 0 aliphatic rings. The van der Waals surface area contributed by atoms with Crippen LogP contribution >= 0.6 is 0 Å². The molecule has 1 atom stereocenters. The number of phenolic OH excluding ortho intramolecular Hbond substituents is 2. The fraction of sp³-hybridized carbons (Fsp3) is 0.219. The maximum atomic E-state index is 14.5. The molecule has 0 fully saturated rings. The number of phenols is 2. The van der Waals surface area contributed by atoms with Crippen molar-refractivity contribution in [2.24, 2.45) is 20.5 Å². The predicted molar refractivity (Wildman–Crippen MR) is 214 cm³/mol. The van der Waals surface area contributed by atoms with Crippen molar-refractivity contribution in [1.82, 2.24) is 15.0 Å². The van der Waals surface area contributed by atoms with Crippen molar-refractivity contribution in [2.45, 2.75) is 9.79 Å². The highest BCUT2D eigenvalue weighted by molar-refractivity contribution is 7.86. The van der Waals surface area contributed by atoms with Crippen molar-refractivity contribution >= 4 is 92.8 Å². The van der Waals surface area contributed by atoms with E-state index >= 15 is 0 Å². The van der Waals surface area contributed by atoms with Crippen LogP contribution in [0, 0.1) is 6.08 Å². The first-order valence-corrected chi connectivity index (χ1v) is 22.3. The van der Waals surface area contributed by atoms with E-state index in [2.05, 4.69) is 44.9 Å². The van der Waals surface area contributed by atoms with Crippen molar-refractivity contribution in [3.63, 3.8) is 0 Å². The van der Waals surface area contributed by atoms with Gasteiger partial charge in [0.05, 0.1) is 38.1 Å². The Balaban J connectivity index is 1.44. The molecule has 0 aliphatic carbocycles. The fourth-order valence-corrected chi connectivity index (χ4v) is 7.26. The quantitative estimate of drug-likeness (QED) is 0.0374. The Kier molecular flexibility index (Phi) is 14.6. The van der Waals surface area contributed by atoms with Gasteiger partial charge in [0.1, 0.15) is 33.4 Å². The molecule has 5 rings (SSSR count). The molecule has 0 saturated carbocycles. The molecular formula is C32H32FN9O16S4. The van der Waals surface area contributed by atoms with Gasteiger partial charge in [-0.25, -0.2) is 8.39 Å². The molecule has 1 aromatic heterocycles. The number of rotatable bonds is 19. The molecule has 62 heavy (non-hydrogen) atoms. The van der Waals surface area contributed by atoms with Crippen molar-refractivity contribution in [3.8, 4) is 23.0 Å². The monoisotopic (exact) mass is 945 g/mol. The van der Waals surface area contributed by atoms with E-state index in [9.17, 15) is 53.2 Å². The normalized spacial score (nSPS) is 12.9. The molecular weight excluding hydrogens is 914 g/mol. The van der Waals surface area contributed by atoms with Crippen LogP contribution in [0.25, 0.3) is 10.8 Å². The van der Waals surface area contributed by atoms with Crippen LogP contribution in [0.1, 0.15) is 0 Å². The zero-order valence-electron chi connectivity index (χ0n) is 31.8. The van der Waals surface area contributed by atoms with Crippen LogP contribution in [0.5, 0.6) is 23.0 Å². The lowest BCUT2D eigenvalue weighted by atomic mass is 10.1. The van der Waals surface area contributed by atoms with Gasteiger partial charge in [-0.2, -0.15) is 44.6 Å². The van der Waals surface area contributed by atoms with E-state index in [1.54, 1.807) is 0 Å². The summed E-state index contributed by atoms with van der Waals surface area (Å²) in [5, 5.41) is 40.0. The zero-order chi connectivity index (χ0) is 45.6. The summed E-state index contributed by atoms with van der Waals surface area (Å²) in [5.41, 5.74) is -1.40. The topological polar surface area (TPSA) is 361 Å². The molecule has 0 aliphatic heterocycles. The smallest absolute Gasteiger partial charge is 0.397 e. The number of halogens is 1. The first kappa shape index (κ1) is 46.9. The summed E-state index contributed by atoms with van der Waals surface area (Å²) in [6.45, 7) is -1.09. The fourth-order valence-electron chi connectivity index (χ4n) is 5.03. The minimum Gasteiger partial charge on any atom is -0.506 e. The SMILES string of the molecule is COc1cc(N=Nc2cc(S(=O)(=O)O)ccc2O)c(N=Nc2c(S(=O)(=O)O)cc3cc(Nc4nc(F)nc(N(C)CCS(=O)OCCOS(=O)(=O)O)n4)ccc3c2O)cc1OC. The Morgan fingerprint density at radius 1 is 0.790 bits per heavy atom. The van der Waals surface area contributed by atoms with Gasteiger partial charge in [0, 0.05) is 36.8 Å². The van der Waals surface area contributed by atoms with Crippen molar-refractivity contribution in [1.29, 1.82) is 0 Å². The van der Waals surface area contributed by atoms with Gasteiger partial charge < -0.3 is 29.9 Å². The molecule has 0 bridgehead atoms. The number of fused-ring (bicyclic) bond motifs is 1. The highest BCUT2D eigenvalue weighted by Crippen LogP contribution is 2.45. The molecule has 6 N–H and O–H groups in total. The van der Waals surface area contributed by atoms with Gasteiger partial charge in [0.15, 0.2) is 28.3 Å². The molecule has 25 nitrogen and oxygen atoms in total. The second-order valence-electron chi connectivity index (χ2n) is 12.1. The molecule has 1 heterocycles. The van der Waals surface area contributed by atoms with Gasteiger partial charge in [-0.05, 0) is 47.9 Å². The molecule has 30 heteroatoms. The summed E-state index contributed by atoms with van der Waals surface area (Å²) < 4.78 is 144. The minimum absolute atomic E-state index is 0.00273. The van der Waals surface area contributed by atoms with Crippen molar-refractivity contribution in [2.75, 3.05) is 57.0 Å². The first-order chi connectivity index (χ1) is 29.1. The lowest BCUT2D eigenvalue weighted by Gasteiger charge is -2.17. The second-order valence-corrected chi connectivity index (χ2v) is 17.2. The van der Waals surface area contributed by atoms with E-state index in [4.69, 9.17) is 18.2 Å². The Labute approximate surface area is 353 Å². The standard InChI is InChI=1S/C32H32FN9O16S4/c1-42(8-11-59(45)57-9-10-58-62(52,53)54)32-36-30(33)35-31(37-32)34-18-4-6-20-17(12-18)13-27(61(49,50)51)28(29(20)44)41-39-22-16-26(56-3)25(55-2)15-21(22)38-40-23-14-19(60(46,47)48)5-7-24(23)43/h4-7,12-16,43-44H,8-11H2,1-3H3,(H,46,47,48)(H,49,50,51)(H,52,53,54)(H,34,35,36,37). The largest absolute Gasteiger partial charge is 0.506 e. The summed E-state index contributed by atoms with van der Waals surface area (Å²) in [6.07, 6.45) is -1.23. The Morgan fingerprint density at radius 3 is 2.05 bits per heavy atom. The predicted octanol–water partition coefficient (Wildman–Crippen LogP) is 4.60. The summed E-state index contributed by atoms with van der Waals surface area (Å²) in [4.78, 5) is 11.1. The van der Waals surface area contributed by atoms with Gasteiger partial charge in [0.2, 0.25) is 11.9 Å². The van der Waals surface area contributed by atoms with Gasteiger partial charge in [0.25, 0.3) is 20.2 Å². The van der Waals surface area contributed by atoms with E-state index in [0.29, 0.717) is 0 Å². The minimum atomic E-state index is -5.15. The summed E-state index contributed by atoms with van der Waals surface area (Å²) >= 11 is -1.96. The van der Waals surface area contributed by atoms with Crippen LogP contribution in [0.15, 0.2) is 84.8 Å². The van der Waals surface area contributed by atoms with Gasteiger partial charge in [-0.15, -0.1) is 20.5 Å². The summed E-state index contributed by atoms with van der Waals surface area (Å²) in [5.74, 6) is -1.89. The highest BCUT2D eigenvalue weighted by atomic mass is 32.3. The Bertz CT molecular complexity index is 2940. The number of aromatic nitrogens is 3. The number of azo groups is 2. The van der Waals surface area contributed by atoms with Crippen LogP contribution < -0.4 is 19.7 Å². The number of nitrogens with one attached hydrogen (secondary N) is 1. The maximum Gasteiger partial charge on any atom is 0.397 e. The number of hydrogen-bond acceptors (Lipinski definition) is 22. The number of ether oxygens (including phenoxy) is 2. The number of aromatic hydroxyl groups is 2. The average molecular weight is 946 g/mol. The van der Waals surface area contributed by atoms with Crippen LogP contribution in [0.4, 0.5) is 44.7 Å². The van der Waals surface area contributed by atoms with E-state index in [1.165, 1.54) is 56.5 Å². The molecule has 5 aromatic rings. The van der Waals surface area contributed by atoms with Crippen LogP contribution in [-0.2, 0) is 50.1 Å². The van der Waals surface area contributed by atoms with Crippen LogP contribution in [-0.4, -0.2) is 115 Å². The average Bonchev–Trinajstić information content (AvgIpc) is 3.19. The third-order valence-corrected chi connectivity index (χ3v) is 11.0. The molecule has 0 saturated heterocycles. The van der Waals surface area contributed by atoms with Gasteiger partial charge in [-0.1, -0.05) is 0 Å². The molecule has 4 aromatic carbocycles. The molecule has 0 radical (unpaired) electrons. The number of benzene rings is 4. The summed E-state index contributed by atoms with van der Waals surface area (Å²) in [7, 11) is -10.5. The van der Waals surface area contributed by atoms with Crippen molar-refractivity contribution in [3.05, 3.63) is 60.7 Å². The van der Waals surface area contributed by atoms with Crippen LogP contribution in [0.3, 0.4) is 0 Å². The lowest BCUT2D eigenvalue weighted by molar-refractivity contribution is 0.212. The third-order valence-electron chi connectivity index (χ3n) is 7.90. The highest BCUT2D eigenvalue weighted by Gasteiger charge is 2.23. The van der Waals surface area contributed by atoms with Gasteiger partial charge >= 0.3 is 16.5 Å². The lowest BCUT2D eigenvalue weighted by Crippen LogP contribution is -2.27. The molecule has 1 unspecified atom stereocenters. The van der Waals surface area contributed by atoms with E-state index in [-0.39, 0.29) is 63.5 Å². The Hall–Kier alpha value is -6.12.